The van der Waals surface area contributed by atoms with Gasteiger partial charge in [0.1, 0.15) is 18.3 Å². The second-order valence-electron chi connectivity index (χ2n) is 6.65. The van der Waals surface area contributed by atoms with E-state index in [1.165, 1.54) is 9.81 Å². The highest BCUT2D eigenvalue weighted by atomic mass is 35.5. The Balaban J connectivity index is 1.38. The van der Waals surface area contributed by atoms with Gasteiger partial charge in [-0.1, -0.05) is 17.7 Å². The molecule has 0 saturated carbocycles. The second-order valence-corrected chi connectivity index (χ2v) is 8.03. The number of carbonyl (C=O) groups is 1. The Hall–Kier alpha value is -3.30. The van der Waals surface area contributed by atoms with Crippen molar-refractivity contribution in [1.29, 1.82) is 0 Å². The second kappa shape index (κ2) is 7.85. The lowest BCUT2D eigenvalue weighted by Gasteiger charge is -2.19. The maximum absolute atomic E-state index is 13.1. The standard InChI is InChI=1S/C20H15ClN6O2S/c21-14-7-5-13(6-8-14)20-22-25-26(24-20)12-19(28)27-16(17-3-1-9-29-17)11-15(23-27)18-4-2-10-30-18/h1-10,16H,11-12H2. The number of furan rings is 1. The van der Waals surface area contributed by atoms with Crippen LogP contribution in [0.5, 0.6) is 0 Å². The molecule has 0 radical (unpaired) electrons. The van der Waals surface area contributed by atoms with Gasteiger partial charge in [0.25, 0.3) is 5.91 Å². The number of hydrogen-bond donors (Lipinski definition) is 0. The molecule has 10 heteroatoms. The van der Waals surface area contributed by atoms with E-state index in [1.54, 1.807) is 47.9 Å². The fourth-order valence-corrected chi connectivity index (χ4v) is 4.10. The molecule has 30 heavy (non-hydrogen) atoms. The SMILES string of the molecule is O=C(Cn1nnc(-c2ccc(Cl)cc2)n1)N1N=C(c2cccs2)CC1c1ccco1. The van der Waals surface area contributed by atoms with Crippen LogP contribution in [-0.2, 0) is 11.3 Å². The molecule has 0 saturated heterocycles. The lowest BCUT2D eigenvalue weighted by Crippen LogP contribution is -2.31. The van der Waals surface area contributed by atoms with Crippen LogP contribution in [0.15, 0.2) is 69.7 Å². The lowest BCUT2D eigenvalue weighted by atomic mass is 10.1. The van der Waals surface area contributed by atoms with Gasteiger partial charge in [-0.2, -0.15) is 9.90 Å². The van der Waals surface area contributed by atoms with Crippen LogP contribution < -0.4 is 0 Å². The molecular formula is C20H15ClN6O2S. The van der Waals surface area contributed by atoms with Crippen molar-refractivity contribution in [1.82, 2.24) is 25.2 Å². The van der Waals surface area contributed by atoms with Gasteiger partial charge in [-0.05, 0) is 53.1 Å². The lowest BCUT2D eigenvalue weighted by molar-refractivity contribution is -0.134. The fraction of sp³-hybridized carbons (Fsp3) is 0.150. The third-order valence-electron chi connectivity index (χ3n) is 4.68. The number of thiophene rings is 1. The number of halogens is 1. The van der Waals surface area contributed by atoms with E-state index in [1.807, 2.05) is 23.6 Å². The molecular weight excluding hydrogens is 424 g/mol. The molecule has 3 aromatic heterocycles. The average molecular weight is 439 g/mol. The van der Waals surface area contributed by atoms with Gasteiger partial charge in [0.15, 0.2) is 0 Å². The van der Waals surface area contributed by atoms with Crippen LogP contribution in [0.2, 0.25) is 5.02 Å². The summed E-state index contributed by atoms with van der Waals surface area (Å²) in [7, 11) is 0. The van der Waals surface area contributed by atoms with Crippen LogP contribution in [0.25, 0.3) is 11.4 Å². The molecule has 0 fully saturated rings. The van der Waals surface area contributed by atoms with Crippen LogP contribution in [0, 0.1) is 0 Å². The Morgan fingerprint density at radius 1 is 1.20 bits per heavy atom. The van der Waals surface area contributed by atoms with E-state index in [4.69, 9.17) is 16.0 Å². The summed E-state index contributed by atoms with van der Waals surface area (Å²) in [6.07, 6.45) is 2.18. The van der Waals surface area contributed by atoms with Crippen molar-refractivity contribution in [2.45, 2.75) is 19.0 Å². The normalized spacial score (nSPS) is 16.1. The van der Waals surface area contributed by atoms with Gasteiger partial charge < -0.3 is 4.42 Å². The van der Waals surface area contributed by atoms with Crippen molar-refractivity contribution in [3.8, 4) is 11.4 Å². The molecule has 0 aliphatic carbocycles. The largest absolute Gasteiger partial charge is 0.467 e. The molecule has 8 nitrogen and oxygen atoms in total. The van der Waals surface area contributed by atoms with E-state index in [0.717, 1.165) is 16.2 Å². The Labute approximate surface area is 180 Å². The zero-order valence-corrected chi connectivity index (χ0v) is 17.1. The zero-order valence-electron chi connectivity index (χ0n) is 15.6. The molecule has 1 aliphatic heterocycles. The predicted octanol–water partition coefficient (Wildman–Crippen LogP) is 4.03. The summed E-state index contributed by atoms with van der Waals surface area (Å²) in [6, 6.07) is 14.4. The molecule has 1 aliphatic rings. The van der Waals surface area contributed by atoms with E-state index < -0.39 is 0 Å². The monoisotopic (exact) mass is 438 g/mol. The quantitative estimate of drug-likeness (QED) is 0.469. The number of rotatable bonds is 5. The van der Waals surface area contributed by atoms with Gasteiger partial charge in [-0.25, -0.2) is 5.01 Å². The smallest absolute Gasteiger partial charge is 0.267 e. The van der Waals surface area contributed by atoms with Crippen LogP contribution in [0.3, 0.4) is 0 Å². The summed E-state index contributed by atoms with van der Waals surface area (Å²) in [5.41, 5.74) is 1.62. The third-order valence-corrected chi connectivity index (χ3v) is 5.85. The molecule has 0 bridgehead atoms. The maximum atomic E-state index is 13.1. The summed E-state index contributed by atoms with van der Waals surface area (Å²) < 4.78 is 5.56. The van der Waals surface area contributed by atoms with E-state index in [2.05, 4.69) is 20.5 Å². The van der Waals surface area contributed by atoms with Crippen LogP contribution in [0.1, 0.15) is 23.1 Å². The van der Waals surface area contributed by atoms with Gasteiger partial charge in [0.2, 0.25) is 5.82 Å². The highest BCUT2D eigenvalue weighted by Gasteiger charge is 2.35. The highest BCUT2D eigenvalue weighted by Crippen LogP contribution is 2.34. The number of tetrazole rings is 1. The fourth-order valence-electron chi connectivity index (χ4n) is 3.25. The minimum absolute atomic E-state index is 0.0843. The molecule has 0 spiro atoms. The first-order valence-electron chi connectivity index (χ1n) is 9.18. The van der Waals surface area contributed by atoms with Gasteiger partial charge in [0, 0.05) is 17.0 Å². The van der Waals surface area contributed by atoms with Crippen molar-refractivity contribution < 1.29 is 9.21 Å². The van der Waals surface area contributed by atoms with Crippen LogP contribution in [-0.4, -0.2) is 36.8 Å². The van der Waals surface area contributed by atoms with Crippen molar-refractivity contribution in [3.63, 3.8) is 0 Å². The number of benzene rings is 1. The van der Waals surface area contributed by atoms with Gasteiger partial charge >= 0.3 is 0 Å². The Bertz CT molecular complexity index is 1180. The van der Waals surface area contributed by atoms with Gasteiger partial charge in [-0.3, -0.25) is 4.79 Å². The first-order valence-corrected chi connectivity index (χ1v) is 10.4. The number of carbonyl (C=O) groups excluding carboxylic acids is 1. The number of nitrogens with zero attached hydrogens (tertiary/aromatic N) is 6. The van der Waals surface area contributed by atoms with E-state index in [-0.39, 0.29) is 18.5 Å². The molecule has 0 N–H and O–H groups in total. The number of hydrogen-bond acceptors (Lipinski definition) is 7. The number of amides is 1. The Morgan fingerprint density at radius 3 is 2.80 bits per heavy atom. The van der Waals surface area contributed by atoms with Gasteiger partial charge in [0.05, 0.1) is 16.9 Å². The number of hydrazone groups is 1. The molecule has 150 valence electrons. The van der Waals surface area contributed by atoms with E-state index in [0.29, 0.717) is 23.0 Å². The van der Waals surface area contributed by atoms with E-state index >= 15 is 0 Å². The highest BCUT2D eigenvalue weighted by molar-refractivity contribution is 7.12. The summed E-state index contributed by atoms with van der Waals surface area (Å²) in [6.45, 7) is -0.0843. The minimum atomic E-state index is -0.302. The van der Waals surface area contributed by atoms with E-state index in [9.17, 15) is 4.79 Å². The van der Waals surface area contributed by atoms with Crippen molar-refractivity contribution in [3.05, 3.63) is 75.8 Å². The van der Waals surface area contributed by atoms with Gasteiger partial charge in [-0.15, -0.1) is 21.5 Å². The average Bonchev–Trinajstić information content (AvgIpc) is 3.55. The van der Waals surface area contributed by atoms with Crippen molar-refractivity contribution in [2.24, 2.45) is 5.10 Å². The molecule has 4 aromatic rings. The zero-order chi connectivity index (χ0) is 20.5. The first kappa shape index (κ1) is 18.7. The van der Waals surface area contributed by atoms with Crippen molar-refractivity contribution >= 4 is 34.6 Å². The Morgan fingerprint density at radius 2 is 2.07 bits per heavy atom. The molecule has 1 amide bonds. The minimum Gasteiger partial charge on any atom is -0.467 e. The maximum Gasteiger partial charge on any atom is 0.267 e. The summed E-state index contributed by atoms with van der Waals surface area (Å²) in [5, 5.41) is 21.0. The summed E-state index contributed by atoms with van der Waals surface area (Å²) in [5.74, 6) is 0.862. The van der Waals surface area contributed by atoms with Crippen LogP contribution in [0.4, 0.5) is 0 Å². The van der Waals surface area contributed by atoms with Crippen LogP contribution >= 0.6 is 22.9 Å². The Kier molecular flexibility index (Phi) is 4.89. The predicted molar refractivity (Wildman–Crippen MR) is 112 cm³/mol. The molecule has 5 rings (SSSR count). The topological polar surface area (TPSA) is 89.4 Å². The van der Waals surface area contributed by atoms with Crippen molar-refractivity contribution in [2.75, 3.05) is 0 Å². The summed E-state index contributed by atoms with van der Waals surface area (Å²) in [4.78, 5) is 15.4. The first-order chi connectivity index (χ1) is 14.7. The molecule has 1 aromatic carbocycles. The summed E-state index contributed by atoms with van der Waals surface area (Å²) >= 11 is 7.51. The molecule has 1 atom stereocenters. The molecule has 4 heterocycles. The number of aromatic nitrogens is 4. The molecule has 1 unspecified atom stereocenters. The third kappa shape index (κ3) is 3.64.